The van der Waals surface area contributed by atoms with Crippen LogP contribution in [0.2, 0.25) is 0 Å². The number of benzene rings is 2. The van der Waals surface area contributed by atoms with Gasteiger partial charge in [-0.25, -0.2) is 8.78 Å². The van der Waals surface area contributed by atoms with Crippen LogP contribution in [0.25, 0.3) is 0 Å². The van der Waals surface area contributed by atoms with Crippen molar-refractivity contribution in [2.24, 2.45) is 0 Å². The maximum absolute atomic E-state index is 13.7. The van der Waals surface area contributed by atoms with Crippen molar-refractivity contribution in [3.05, 3.63) is 65.7 Å². The molecule has 1 amide bonds. The standard InChI is InChI=1S/C19H21F2NOS/c1-3-14(15-7-5-4-6-8-15)12-22-19(23)13(2)24-18-11-16(20)9-10-17(18)21/h4-11,13-14H,3,12H2,1-2H3,(H,22,23)/t13-,14+/m1/s1. The van der Waals surface area contributed by atoms with Gasteiger partial charge in [-0.1, -0.05) is 37.3 Å². The average molecular weight is 349 g/mol. The van der Waals surface area contributed by atoms with E-state index in [9.17, 15) is 13.6 Å². The number of rotatable bonds is 7. The number of amides is 1. The fraction of sp³-hybridized carbons (Fsp3) is 0.316. The van der Waals surface area contributed by atoms with E-state index in [0.717, 1.165) is 36.4 Å². The summed E-state index contributed by atoms with van der Waals surface area (Å²) in [6, 6.07) is 13.3. The Bertz CT molecular complexity index is 678. The largest absolute Gasteiger partial charge is 0.355 e. The van der Waals surface area contributed by atoms with Crippen molar-refractivity contribution in [2.45, 2.75) is 36.3 Å². The molecule has 2 nitrogen and oxygen atoms in total. The second kappa shape index (κ2) is 8.83. The second-order valence-corrected chi connectivity index (χ2v) is 6.98. The molecule has 0 aliphatic carbocycles. The molecular weight excluding hydrogens is 328 g/mol. The summed E-state index contributed by atoms with van der Waals surface area (Å²) in [5.41, 5.74) is 1.18. The van der Waals surface area contributed by atoms with E-state index in [0.29, 0.717) is 6.54 Å². The van der Waals surface area contributed by atoms with Crippen LogP contribution in [-0.2, 0) is 4.79 Å². The first kappa shape index (κ1) is 18.5. The lowest BCUT2D eigenvalue weighted by Crippen LogP contribution is -2.34. The molecule has 2 aromatic carbocycles. The lowest BCUT2D eigenvalue weighted by Gasteiger charge is -2.18. The van der Waals surface area contributed by atoms with E-state index in [1.165, 1.54) is 5.56 Å². The van der Waals surface area contributed by atoms with Gasteiger partial charge in [-0.05, 0) is 37.1 Å². The molecule has 1 N–H and O–H groups in total. The Morgan fingerprint density at radius 3 is 2.54 bits per heavy atom. The molecule has 0 aromatic heterocycles. The molecule has 0 unspecified atom stereocenters. The smallest absolute Gasteiger partial charge is 0.233 e. The van der Waals surface area contributed by atoms with Crippen LogP contribution in [0.3, 0.4) is 0 Å². The summed E-state index contributed by atoms with van der Waals surface area (Å²) in [5.74, 6) is -0.977. The first-order chi connectivity index (χ1) is 11.5. The number of hydrogen-bond donors (Lipinski definition) is 1. The minimum absolute atomic E-state index is 0.146. The van der Waals surface area contributed by atoms with E-state index in [2.05, 4.69) is 12.2 Å². The number of thioether (sulfide) groups is 1. The van der Waals surface area contributed by atoms with Crippen molar-refractivity contribution >= 4 is 17.7 Å². The Morgan fingerprint density at radius 2 is 1.88 bits per heavy atom. The van der Waals surface area contributed by atoms with Crippen molar-refractivity contribution in [3.8, 4) is 0 Å². The summed E-state index contributed by atoms with van der Waals surface area (Å²) in [4.78, 5) is 12.4. The molecule has 0 heterocycles. The Kier molecular flexibility index (Phi) is 6.79. The van der Waals surface area contributed by atoms with Gasteiger partial charge < -0.3 is 5.32 Å². The third kappa shape index (κ3) is 5.06. The van der Waals surface area contributed by atoms with Gasteiger partial charge in [0.25, 0.3) is 0 Å². The zero-order valence-corrected chi connectivity index (χ0v) is 14.6. The molecule has 0 aliphatic rings. The average Bonchev–Trinajstić information content (AvgIpc) is 2.59. The fourth-order valence-electron chi connectivity index (χ4n) is 2.40. The third-order valence-electron chi connectivity index (χ3n) is 3.85. The normalized spacial score (nSPS) is 13.3. The highest BCUT2D eigenvalue weighted by Crippen LogP contribution is 2.27. The first-order valence-corrected chi connectivity index (χ1v) is 8.83. The van der Waals surface area contributed by atoms with Crippen molar-refractivity contribution in [3.63, 3.8) is 0 Å². The Labute approximate surface area is 145 Å². The highest BCUT2D eigenvalue weighted by atomic mass is 32.2. The lowest BCUT2D eigenvalue weighted by atomic mass is 9.96. The lowest BCUT2D eigenvalue weighted by molar-refractivity contribution is -0.120. The van der Waals surface area contributed by atoms with Gasteiger partial charge in [-0.15, -0.1) is 11.8 Å². The van der Waals surface area contributed by atoms with E-state index in [-0.39, 0.29) is 16.7 Å². The summed E-state index contributed by atoms with van der Waals surface area (Å²) < 4.78 is 26.9. The van der Waals surface area contributed by atoms with Crippen LogP contribution in [0.1, 0.15) is 31.7 Å². The number of nitrogens with one attached hydrogen (secondary N) is 1. The zero-order valence-electron chi connectivity index (χ0n) is 13.8. The molecule has 0 saturated carbocycles. The fourth-order valence-corrected chi connectivity index (χ4v) is 3.33. The predicted molar refractivity (Wildman–Crippen MR) is 94.2 cm³/mol. The quantitative estimate of drug-likeness (QED) is 0.731. The molecule has 0 saturated heterocycles. The van der Waals surface area contributed by atoms with E-state index < -0.39 is 16.9 Å². The molecule has 2 atom stereocenters. The van der Waals surface area contributed by atoms with Gasteiger partial charge >= 0.3 is 0 Å². The van der Waals surface area contributed by atoms with E-state index >= 15 is 0 Å². The van der Waals surface area contributed by atoms with E-state index in [1.54, 1.807) is 6.92 Å². The number of carbonyl (C=O) groups excluding carboxylic acids is 1. The number of hydrogen-bond acceptors (Lipinski definition) is 2. The summed E-state index contributed by atoms with van der Waals surface area (Å²) in [5, 5.41) is 2.41. The Morgan fingerprint density at radius 1 is 1.17 bits per heavy atom. The van der Waals surface area contributed by atoms with Crippen LogP contribution in [0.15, 0.2) is 53.4 Å². The highest BCUT2D eigenvalue weighted by molar-refractivity contribution is 8.00. The molecule has 128 valence electrons. The molecule has 0 bridgehead atoms. The molecule has 2 aromatic rings. The predicted octanol–water partition coefficient (Wildman–Crippen LogP) is 4.76. The molecule has 0 fully saturated rings. The van der Waals surface area contributed by atoms with Crippen LogP contribution in [0.4, 0.5) is 8.78 Å². The second-order valence-electron chi connectivity index (χ2n) is 5.60. The topological polar surface area (TPSA) is 29.1 Å². The van der Waals surface area contributed by atoms with Crippen molar-refractivity contribution in [1.82, 2.24) is 5.32 Å². The van der Waals surface area contributed by atoms with Crippen LogP contribution >= 0.6 is 11.8 Å². The summed E-state index contributed by atoms with van der Waals surface area (Å²) in [7, 11) is 0. The van der Waals surface area contributed by atoms with Crippen LogP contribution in [0.5, 0.6) is 0 Å². The molecule has 2 rings (SSSR count). The third-order valence-corrected chi connectivity index (χ3v) is 4.99. The Hall–Kier alpha value is -1.88. The minimum Gasteiger partial charge on any atom is -0.355 e. The first-order valence-electron chi connectivity index (χ1n) is 7.95. The van der Waals surface area contributed by atoms with Crippen molar-refractivity contribution in [1.29, 1.82) is 0 Å². The van der Waals surface area contributed by atoms with Gasteiger partial charge in [0.05, 0.1) is 5.25 Å². The monoisotopic (exact) mass is 349 g/mol. The van der Waals surface area contributed by atoms with Crippen molar-refractivity contribution in [2.75, 3.05) is 6.54 Å². The maximum atomic E-state index is 13.7. The van der Waals surface area contributed by atoms with Gasteiger partial charge in [0.1, 0.15) is 11.6 Å². The molecule has 5 heteroatoms. The maximum Gasteiger partial charge on any atom is 0.233 e. The van der Waals surface area contributed by atoms with E-state index in [4.69, 9.17) is 0 Å². The van der Waals surface area contributed by atoms with Crippen LogP contribution < -0.4 is 5.32 Å². The SMILES string of the molecule is CC[C@@H](CNC(=O)[C@@H](C)Sc1cc(F)ccc1F)c1ccccc1. The number of carbonyl (C=O) groups is 1. The number of halogens is 2. The molecule has 0 radical (unpaired) electrons. The highest BCUT2D eigenvalue weighted by Gasteiger charge is 2.18. The van der Waals surface area contributed by atoms with Gasteiger partial charge in [-0.3, -0.25) is 4.79 Å². The summed E-state index contributed by atoms with van der Waals surface area (Å²) in [6.07, 6.45) is 0.907. The van der Waals surface area contributed by atoms with Crippen molar-refractivity contribution < 1.29 is 13.6 Å². The zero-order chi connectivity index (χ0) is 17.5. The molecule has 0 spiro atoms. The van der Waals surface area contributed by atoms with Crippen LogP contribution in [-0.4, -0.2) is 17.7 Å². The van der Waals surface area contributed by atoms with Gasteiger partial charge in [0.15, 0.2) is 0 Å². The van der Waals surface area contributed by atoms with Gasteiger partial charge in [0.2, 0.25) is 5.91 Å². The van der Waals surface area contributed by atoms with Gasteiger partial charge in [-0.2, -0.15) is 0 Å². The molecule has 0 aliphatic heterocycles. The summed E-state index contributed by atoms with van der Waals surface area (Å²) >= 11 is 1.02. The molecular formula is C19H21F2NOS. The van der Waals surface area contributed by atoms with E-state index in [1.807, 2.05) is 30.3 Å². The molecule has 24 heavy (non-hydrogen) atoms. The van der Waals surface area contributed by atoms with Gasteiger partial charge in [0, 0.05) is 17.4 Å². The Balaban J connectivity index is 1.92. The van der Waals surface area contributed by atoms with Crippen LogP contribution in [0, 0.1) is 11.6 Å². The summed E-state index contributed by atoms with van der Waals surface area (Å²) in [6.45, 7) is 4.29. The minimum atomic E-state index is -0.517.